The maximum atomic E-state index is 9.22. The summed E-state index contributed by atoms with van der Waals surface area (Å²) >= 11 is 0. The maximum Gasteiger partial charge on any atom is 0.112 e. The number of methoxy groups -OCH3 is 1. The van der Waals surface area contributed by atoms with E-state index in [-0.39, 0.29) is 6.61 Å². The lowest BCUT2D eigenvalue weighted by molar-refractivity contribution is -0.0210. The SMILES string of the molecule is [B][C@@H]1O[C@H](COC)C(O)[C@@H]1O. The molecule has 1 aliphatic heterocycles. The molecule has 1 saturated heterocycles. The maximum absolute atomic E-state index is 9.22. The first-order chi connectivity index (χ1) is 5.16. The van der Waals surface area contributed by atoms with Gasteiger partial charge in [0.2, 0.25) is 0 Å². The monoisotopic (exact) mass is 158 g/mol. The van der Waals surface area contributed by atoms with Crippen LogP contribution in [0.2, 0.25) is 0 Å². The zero-order chi connectivity index (χ0) is 8.43. The minimum atomic E-state index is -1.00. The van der Waals surface area contributed by atoms with Gasteiger partial charge in [-0.15, -0.1) is 0 Å². The molecule has 4 atom stereocenters. The molecule has 0 amide bonds. The van der Waals surface area contributed by atoms with Gasteiger partial charge in [0, 0.05) is 13.1 Å². The van der Waals surface area contributed by atoms with Crippen LogP contribution in [-0.2, 0) is 9.47 Å². The highest BCUT2D eigenvalue weighted by atomic mass is 16.6. The van der Waals surface area contributed by atoms with Crippen molar-refractivity contribution >= 4 is 7.85 Å². The van der Waals surface area contributed by atoms with Crippen molar-refractivity contribution in [3.8, 4) is 0 Å². The molecular formula is C6H11BO4. The van der Waals surface area contributed by atoms with Crippen molar-refractivity contribution in [3.63, 3.8) is 0 Å². The molecule has 2 radical (unpaired) electrons. The van der Waals surface area contributed by atoms with Crippen molar-refractivity contribution in [2.45, 2.75) is 24.3 Å². The molecule has 1 heterocycles. The van der Waals surface area contributed by atoms with Gasteiger partial charge in [-0.2, -0.15) is 0 Å². The summed E-state index contributed by atoms with van der Waals surface area (Å²) in [6.45, 7) is 0.242. The molecule has 0 aliphatic carbocycles. The Morgan fingerprint density at radius 1 is 1.45 bits per heavy atom. The first kappa shape index (κ1) is 9.00. The summed E-state index contributed by atoms with van der Waals surface area (Å²) in [6.07, 6.45) is -2.45. The lowest BCUT2D eigenvalue weighted by Gasteiger charge is -2.12. The van der Waals surface area contributed by atoms with E-state index in [4.69, 9.17) is 22.4 Å². The first-order valence-electron chi connectivity index (χ1n) is 3.43. The van der Waals surface area contributed by atoms with Crippen molar-refractivity contribution in [1.29, 1.82) is 0 Å². The molecule has 2 N–H and O–H groups in total. The van der Waals surface area contributed by atoms with Crippen LogP contribution < -0.4 is 0 Å². The molecule has 62 valence electrons. The van der Waals surface area contributed by atoms with Gasteiger partial charge in [-0.05, 0) is 0 Å². The summed E-state index contributed by atoms with van der Waals surface area (Å²) in [4.78, 5) is 0. The van der Waals surface area contributed by atoms with E-state index in [0.29, 0.717) is 0 Å². The predicted molar refractivity (Wildman–Crippen MR) is 38.3 cm³/mol. The Kier molecular flexibility index (Phi) is 2.89. The van der Waals surface area contributed by atoms with Gasteiger partial charge in [0.05, 0.1) is 12.7 Å². The highest BCUT2D eigenvalue weighted by molar-refractivity contribution is 6.11. The van der Waals surface area contributed by atoms with Gasteiger partial charge >= 0.3 is 0 Å². The average Bonchev–Trinajstić information content (AvgIpc) is 2.19. The Bertz CT molecular complexity index is 132. The van der Waals surface area contributed by atoms with Gasteiger partial charge in [-0.1, -0.05) is 0 Å². The number of aliphatic hydroxyl groups excluding tert-OH is 2. The quantitative estimate of drug-likeness (QED) is 0.467. The molecule has 0 bridgehead atoms. The third-order valence-corrected chi connectivity index (χ3v) is 1.73. The lowest BCUT2D eigenvalue weighted by atomic mass is 9.93. The predicted octanol–water partition coefficient (Wildman–Crippen LogP) is -1.75. The van der Waals surface area contributed by atoms with Crippen LogP contribution in [0.1, 0.15) is 0 Å². The van der Waals surface area contributed by atoms with Crippen LogP contribution in [0.25, 0.3) is 0 Å². The van der Waals surface area contributed by atoms with Crippen molar-refractivity contribution in [1.82, 2.24) is 0 Å². The fourth-order valence-corrected chi connectivity index (χ4v) is 1.08. The van der Waals surface area contributed by atoms with Gasteiger partial charge in [-0.3, -0.25) is 0 Å². The summed E-state index contributed by atoms with van der Waals surface area (Å²) in [6, 6.07) is -0.801. The normalized spacial score (nSPS) is 44.6. The Hall–Kier alpha value is -0.0951. The third-order valence-electron chi connectivity index (χ3n) is 1.73. The number of hydrogen-bond acceptors (Lipinski definition) is 4. The van der Waals surface area contributed by atoms with Crippen LogP contribution >= 0.6 is 0 Å². The second kappa shape index (κ2) is 3.54. The largest absolute Gasteiger partial charge is 0.388 e. The Morgan fingerprint density at radius 3 is 2.45 bits per heavy atom. The number of rotatable bonds is 2. The molecule has 1 unspecified atom stereocenters. The first-order valence-corrected chi connectivity index (χ1v) is 3.43. The summed E-state index contributed by atoms with van der Waals surface area (Å²) in [5.41, 5.74) is 0. The summed E-state index contributed by atoms with van der Waals surface area (Å²) in [5, 5.41) is 18.3. The molecule has 4 nitrogen and oxygen atoms in total. The van der Waals surface area contributed by atoms with Crippen molar-refractivity contribution in [2.75, 3.05) is 13.7 Å². The van der Waals surface area contributed by atoms with Crippen LogP contribution in [0.5, 0.6) is 0 Å². The second-order valence-corrected chi connectivity index (χ2v) is 2.58. The van der Waals surface area contributed by atoms with Crippen molar-refractivity contribution in [2.24, 2.45) is 0 Å². The molecule has 11 heavy (non-hydrogen) atoms. The van der Waals surface area contributed by atoms with E-state index in [2.05, 4.69) is 0 Å². The Balaban J connectivity index is 2.45. The zero-order valence-electron chi connectivity index (χ0n) is 6.30. The molecule has 1 rings (SSSR count). The molecule has 5 heteroatoms. The highest BCUT2D eigenvalue weighted by Gasteiger charge is 2.39. The second-order valence-electron chi connectivity index (χ2n) is 2.58. The molecule has 0 aromatic heterocycles. The van der Waals surface area contributed by atoms with E-state index in [9.17, 15) is 5.11 Å². The van der Waals surface area contributed by atoms with Crippen LogP contribution in [0, 0.1) is 0 Å². The van der Waals surface area contributed by atoms with Crippen LogP contribution in [0.4, 0.5) is 0 Å². The smallest absolute Gasteiger partial charge is 0.112 e. The fourth-order valence-electron chi connectivity index (χ4n) is 1.08. The summed E-state index contributed by atoms with van der Waals surface area (Å²) < 4.78 is 9.72. The summed E-state index contributed by atoms with van der Waals surface area (Å²) in [5.74, 6) is 0. The Morgan fingerprint density at radius 2 is 2.09 bits per heavy atom. The average molecular weight is 158 g/mol. The molecule has 0 aromatic rings. The van der Waals surface area contributed by atoms with E-state index in [1.54, 1.807) is 0 Å². The molecule has 0 saturated carbocycles. The van der Waals surface area contributed by atoms with Crippen LogP contribution in [0.3, 0.4) is 0 Å². The lowest BCUT2D eigenvalue weighted by Crippen LogP contribution is -2.34. The fraction of sp³-hybridized carbons (Fsp3) is 1.00. The Labute approximate surface area is 66.5 Å². The van der Waals surface area contributed by atoms with E-state index < -0.39 is 24.3 Å². The van der Waals surface area contributed by atoms with Gasteiger partial charge < -0.3 is 19.7 Å². The van der Waals surface area contributed by atoms with Crippen molar-refractivity contribution in [3.05, 3.63) is 0 Å². The zero-order valence-corrected chi connectivity index (χ0v) is 6.30. The highest BCUT2D eigenvalue weighted by Crippen LogP contribution is 2.18. The molecular weight excluding hydrogens is 147 g/mol. The summed E-state index contributed by atoms with van der Waals surface area (Å²) in [7, 11) is 6.79. The number of hydrogen-bond donors (Lipinski definition) is 2. The van der Waals surface area contributed by atoms with E-state index in [1.165, 1.54) is 7.11 Å². The van der Waals surface area contributed by atoms with Gasteiger partial charge in [0.25, 0.3) is 0 Å². The third kappa shape index (κ3) is 1.73. The van der Waals surface area contributed by atoms with Crippen LogP contribution in [-0.4, -0.2) is 56.1 Å². The molecule has 1 aliphatic rings. The van der Waals surface area contributed by atoms with Gasteiger partial charge in [-0.25, -0.2) is 0 Å². The number of ether oxygens (including phenoxy) is 2. The molecule has 1 fully saturated rings. The van der Waals surface area contributed by atoms with Gasteiger partial charge in [0.15, 0.2) is 0 Å². The van der Waals surface area contributed by atoms with E-state index >= 15 is 0 Å². The van der Waals surface area contributed by atoms with E-state index in [0.717, 1.165) is 0 Å². The van der Waals surface area contributed by atoms with Crippen molar-refractivity contribution < 1.29 is 19.7 Å². The molecule has 0 spiro atoms. The number of aliphatic hydroxyl groups is 2. The topological polar surface area (TPSA) is 58.9 Å². The minimum Gasteiger partial charge on any atom is -0.388 e. The standard InChI is InChI=1S/C6H11BO4/c1-10-2-3-4(8)5(9)6(7)11-3/h3-6,8-9H,2H2,1H3/t3-,4?,5+,6-/m1/s1. The van der Waals surface area contributed by atoms with Gasteiger partial charge in [0.1, 0.15) is 20.1 Å². The van der Waals surface area contributed by atoms with Crippen LogP contribution in [0.15, 0.2) is 0 Å². The van der Waals surface area contributed by atoms with E-state index in [1.807, 2.05) is 0 Å². The minimum absolute atomic E-state index is 0.242. The molecule has 0 aromatic carbocycles.